The number of carbonyl (C=O) groups excluding carboxylic acids is 2. The van der Waals surface area contributed by atoms with Gasteiger partial charge in [-0.05, 0) is 68.3 Å². The van der Waals surface area contributed by atoms with E-state index in [0.29, 0.717) is 22.3 Å². The molecular formula is C19H20F2N2O2. The highest BCUT2D eigenvalue weighted by molar-refractivity contribution is 5.95. The third kappa shape index (κ3) is 4.86. The second-order valence-corrected chi connectivity index (χ2v) is 6.01. The minimum atomic E-state index is -0.369. The molecule has 0 aliphatic heterocycles. The van der Waals surface area contributed by atoms with Crippen LogP contribution in [0.2, 0.25) is 0 Å². The molecule has 0 saturated heterocycles. The molecule has 0 radical (unpaired) electrons. The van der Waals surface area contributed by atoms with Crippen molar-refractivity contribution < 1.29 is 18.4 Å². The first-order valence-electron chi connectivity index (χ1n) is 7.89. The lowest BCUT2D eigenvalue weighted by atomic mass is 10.1. The summed E-state index contributed by atoms with van der Waals surface area (Å²) in [6, 6.07) is 7.90. The molecule has 2 N–H and O–H groups in total. The Bertz CT molecular complexity index is 806. The monoisotopic (exact) mass is 346 g/mol. The molecule has 1 unspecified atom stereocenters. The Morgan fingerprint density at radius 3 is 1.88 bits per heavy atom. The number of benzene rings is 2. The normalized spacial score (nSPS) is 11.7. The Labute approximate surface area is 145 Å². The minimum Gasteiger partial charge on any atom is -0.350 e. The third-order valence-electron chi connectivity index (χ3n) is 3.79. The van der Waals surface area contributed by atoms with Crippen LogP contribution < -0.4 is 10.6 Å². The van der Waals surface area contributed by atoms with Crippen molar-refractivity contribution in [3.8, 4) is 0 Å². The molecule has 0 heterocycles. The maximum Gasteiger partial charge on any atom is 0.251 e. The van der Waals surface area contributed by atoms with Crippen molar-refractivity contribution in [2.75, 3.05) is 6.54 Å². The largest absolute Gasteiger partial charge is 0.350 e. The lowest BCUT2D eigenvalue weighted by Gasteiger charge is -2.15. The molecule has 6 heteroatoms. The minimum absolute atomic E-state index is 0.209. The molecule has 0 fully saturated rings. The predicted molar refractivity (Wildman–Crippen MR) is 91.5 cm³/mol. The molecule has 0 aliphatic rings. The lowest BCUT2D eigenvalue weighted by molar-refractivity contribution is 0.0912. The number of halogens is 2. The van der Waals surface area contributed by atoms with Gasteiger partial charge in [-0.1, -0.05) is 0 Å². The van der Waals surface area contributed by atoms with E-state index in [4.69, 9.17) is 0 Å². The molecule has 2 rings (SSSR count). The third-order valence-corrected chi connectivity index (χ3v) is 3.79. The maximum atomic E-state index is 13.2. The Hall–Kier alpha value is -2.76. The predicted octanol–water partition coefficient (Wildman–Crippen LogP) is 3.13. The Morgan fingerprint density at radius 2 is 1.40 bits per heavy atom. The van der Waals surface area contributed by atoms with E-state index >= 15 is 0 Å². The zero-order valence-corrected chi connectivity index (χ0v) is 14.3. The number of amides is 2. The van der Waals surface area contributed by atoms with Gasteiger partial charge in [0, 0.05) is 23.7 Å². The Morgan fingerprint density at radius 1 is 0.920 bits per heavy atom. The highest BCUT2D eigenvalue weighted by atomic mass is 19.1. The average Bonchev–Trinajstić information content (AvgIpc) is 2.57. The number of carbonyl (C=O) groups is 2. The number of rotatable bonds is 5. The van der Waals surface area contributed by atoms with Crippen molar-refractivity contribution in [2.45, 2.75) is 26.8 Å². The fourth-order valence-electron chi connectivity index (χ4n) is 2.28. The van der Waals surface area contributed by atoms with Gasteiger partial charge in [0.05, 0.1) is 0 Å². The second-order valence-electron chi connectivity index (χ2n) is 6.01. The number of aryl methyl sites for hydroxylation is 2. The van der Waals surface area contributed by atoms with Crippen molar-refractivity contribution in [1.82, 2.24) is 10.6 Å². The van der Waals surface area contributed by atoms with Crippen molar-refractivity contribution in [1.29, 1.82) is 0 Å². The van der Waals surface area contributed by atoms with Gasteiger partial charge in [0.2, 0.25) is 0 Å². The first kappa shape index (κ1) is 18.6. The average molecular weight is 346 g/mol. The lowest BCUT2D eigenvalue weighted by Crippen LogP contribution is -2.41. The second kappa shape index (κ2) is 7.88. The van der Waals surface area contributed by atoms with Crippen LogP contribution in [0.3, 0.4) is 0 Å². The summed E-state index contributed by atoms with van der Waals surface area (Å²) in [5.74, 6) is -1.43. The van der Waals surface area contributed by atoms with Crippen molar-refractivity contribution in [2.24, 2.45) is 0 Å². The number of nitrogens with one attached hydrogen (secondary N) is 2. The number of hydrogen-bond acceptors (Lipinski definition) is 2. The molecule has 132 valence electrons. The van der Waals surface area contributed by atoms with Crippen molar-refractivity contribution >= 4 is 11.8 Å². The van der Waals surface area contributed by atoms with Crippen LogP contribution >= 0.6 is 0 Å². The summed E-state index contributed by atoms with van der Waals surface area (Å²) in [6.07, 6.45) is 0. The smallest absolute Gasteiger partial charge is 0.251 e. The summed E-state index contributed by atoms with van der Waals surface area (Å²) in [6.45, 7) is 5.12. The summed E-state index contributed by atoms with van der Waals surface area (Å²) in [4.78, 5) is 24.2. The Kier molecular flexibility index (Phi) is 5.85. The molecule has 0 spiro atoms. The molecule has 2 aromatic rings. The van der Waals surface area contributed by atoms with Gasteiger partial charge < -0.3 is 10.6 Å². The maximum absolute atomic E-state index is 13.2. The van der Waals surface area contributed by atoms with Gasteiger partial charge in [0.1, 0.15) is 11.6 Å². The molecule has 2 aromatic carbocycles. The van der Waals surface area contributed by atoms with Crippen LogP contribution in [0.5, 0.6) is 0 Å². The topological polar surface area (TPSA) is 58.2 Å². The summed E-state index contributed by atoms with van der Waals surface area (Å²) < 4.78 is 26.5. The summed E-state index contributed by atoms with van der Waals surface area (Å²) >= 11 is 0. The highest BCUT2D eigenvalue weighted by Crippen LogP contribution is 2.10. The molecule has 2 amide bonds. The quantitative estimate of drug-likeness (QED) is 0.874. The molecule has 1 atom stereocenters. The van der Waals surface area contributed by atoms with Gasteiger partial charge in [-0.3, -0.25) is 9.59 Å². The van der Waals surface area contributed by atoms with Gasteiger partial charge in [0.25, 0.3) is 11.8 Å². The molecule has 0 aromatic heterocycles. The van der Waals surface area contributed by atoms with Crippen LogP contribution in [0.15, 0.2) is 36.4 Å². The summed E-state index contributed by atoms with van der Waals surface area (Å²) in [5, 5.41) is 5.42. The van der Waals surface area contributed by atoms with Crippen LogP contribution in [-0.4, -0.2) is 24.4 Å². The molecular weight excluding hydrogens is 326 g/mol. The van der Waals surface area contributed by atoms with Gasteiger partial charge in [-0.25, -0.2) is 8.78 Å². The van der Waals surface area contributed by atoms with E-state index in [-0.39, 0.29) is 36.0 Å². The van der Waals surface area contributed by atoms with E-state index in [9.17, 15) is 18.4 Å². The standard InChI is InChI=1S/C19H20F2N2O2/c1-11-8-14(4-6-16(11)20)18(24)22-10-13(3)23-19(25)15-5-7-17(21)12(2)9-15/h4-9,13H,10H2,1-3H3,(H,22,24)(H,23,25). The molecule has 0 aliphatic carbocycles. The SMILES string of the molecule is Cc1cc(C(=O)NCC(C)NC(=O)c2ccc(F)c(C)c2)ccc1F. The van der Waals surface area contributed by atoms with Crippen LogP contribution in [-0.2, 0) is 0 Å². The first-order chi connectivity index (χ1) is 11.8. The van der Waals surface area contributed by atoms with E-state index < -0.39 is 0 Å². The molecule has 25 heavy (non-hydrogen) atoms. The fraction of sp³-hybridized carbons (Fsp3) is 0.263. The summed E-state index contributed by atoms with van der Waals surface area (Å²) in [7, 11) is 0. The highest BCUT2D eigenvalue weighted by Gasteiger charge is 2.13. The zero-order valence-electron chi connectivity index (χ0n) is 14.3. The first-order valence-corrected chi connectivity index (χ1v) is 7.89. The van der Waals surface area contributed by atoms with Crippen LogP contribution in [0.4, 0.5) is 8.78 Å². The van der Waals surface area contributed by atoms with Gasteiger partial charge >= 0.3 is 0 Å². The van der Waals surface area contributed by atoms with E-state index in [2.05, 4.69) is 10.6 Å². The van der Waals surface area contributed by atoms with E-state index in [1.165, 1.54) is 36.4 Å². The fourth-order valence-corrected chi connectivity index (χ4v) is 2.28. The van der Waals surface area contributed by atoms with Gasteiger partial charge in [0.15, 0.2) is 0 Å². The van der Waals surface area contributed by atoms with Gasteiger partial charge in [-0.2, -0.15) is 0 Å². The van der Waals surface area contributed by atoms with E-state index in [1.54, 1.807) is 20.8 Å². The summed E-state index contributed by atoms with van der Waals surface area (Å²) in [5.41, 5.74) is 1.48. The molecule has 4 nitrogen and oxygen atoms in total. The molecule has 0 bridgehead atoms. The van der Waals surface area contributed by atoms with Gasteiger partial charge in [-0.15, -0.1) is 0 Å². The van der Waals surface area contributed by atoms with E-state index in [0.717, 1.165) is 0 Å². The van der Waals surface area contributed by atoms with E-state index in [1.807, 2.05) is 0 Å². The number of hydrogen-bond donors (Lipinski definition) is 2. The van der Waals surface area contributed by atoms with Crippen molar-refractivity contribution in [3.63, 3.8) is 0 Å². The van der Waals surface area contributed by atoms with Crippen LogP contribution in [0, 0.1) is 25.5 Å². The molecule has 0 saturated carbocycles. The Balaban J connectivity index is 1.90. The zero-order chi connectivity index (χ0) is 18.6. The van der Waals surface area contributed by atoms with Crippen molar-refractivity contribution in [3.05, 3.63) is 70.3 Å². The van der Waals surface area contributed by atoms with Crippen LogP contribution in [0.25, 0.3) is 0 Å². The van der Waals surface area contributed by atoms with Crippen LogP contribution in [0.1, 0.15) is 38.8 Å².